The molecule has 0 saturated heterocycles. The Bertz CT molecular complexity index is 591. The van der Waals surface area contributed by atoms with Gasteiger partial charge in [0.25, 0.3) is 0 Å². The van der Waals surface area contributed by atoms with E-state index in [1.165, 1.54) is 17.5 Å². The molecule has 1 heterocycles. The molecule has 4 heteroatoms. The summed E-state index contributed by atoms with van der Waals surface area (Å²) >= 11 is 0. The molecule has 1 aliphatic rings. The fourth-order valence-electron chi connectivity index (χ4n) is 2.90. The monoisotopic (exact) mass is 271 g/mol. The van der Waals surface area contributed by atoms with Crippen molar-refractivity contribution in [3.05, 3.63) is 47.3 Å². The van der Waals surface area contributed by atoms with Crippen LogP contribution in [-0.2, 0) is 19.5 Å². The molecule has 0 radical (unpaired) electrons. The van der Waals surface area contributed by atoms with Crippen LogP contribution in [0, 0.1) is 0 Å². The number of hydrogen-bond donors (Lipinski definition) is 2. The third-order valence-electron chi connectivity index (χ3n) is 3.99. The first-order valence-electron chi connectivity index (χ1n) is 7.34. The molecule has 106 valence electrons. The van der Waals surface area contributed by atoms with Crippen molar-refractivity contribution in [1.82, 2.24) is 15.1 Å². The van der Waals surface area contributed by atoms with Gasteiger partial charge in [0.15, 0.2) is 0 Å². The van der Waals surface area contributed by atoms with Crippen LogP contribution in [0.1, 0.15) is 42.6 Å². The van der Waals surface area contributed by atoms with Crippen molar-refractivity contribution in [1.29, 1.82) is 0 Å². The Balaban J connectivity index is 1.71. The Kier molecular flexibility index (Phi) is 3.74. The minimum atomic E-state index is 0.317. The van der Waals surface area contributed by atoms with Crippen molar-refractivity contribution in [2.75, 3.05) is 0 Å². The number of hydrogen-bond acceptors (Lipinski definition) is 3. The maximum atomic E-state index is 9.68. The molecule has 0 saturated carbocycles. The van der Waals surface area contributed by atoms with Crippen LogP contribution in [0.2, 0.25) is 0 Å². The standard InChI is InChI=1S/C16H21N3O/c1-2-19-9-8-13(18-19)11-17-16-5-3-4-12-6-7-14(20)10-15(12)16/h6-10,16-17,20H,2-5,11H2,1H3. The van der Waals surface area contributed by atoms with Crippen LogP contribution in [-0.4, -0.2) is 14.9 Å². The number of aromatic nitrogens is 2. The summed E-state index contributed by atoms with van der Waals surface area (Å²) in [5.74, 6) is 0.354. The van der Waals surface area contributed by atoms with E-state index < -0.39 is 0 Å². The molecule has 1 aliphatic carbocycles. The van der Waals surface area contributed by atoms with Crippen molar-refractivity contribution < 1.29 is 5.11 Å². The van der Waals surface area contributed by atoms with E-state index in [2.05, 4.69) is 23.4 Å². The van der Waals surface area contributed by atoms with Gasteiger partial charge in [-0.25, -0.2) is 0 Å². The lowest BCUT2D eigenvalue weighted by molar-refractivity contribution is 0.442. The Labute approximate surface area is 119 Å². The van der Waals surface area contributed by atoms with E-state index in [0.717, 1.165) is 31.6 Å². The lowest BCUT2D eigenvalue weighted by Crippen LogP contribution is -2.25. The highest BCUT2D eigenvalue weighted by molar-refractivity contribution is 5.38. The van der Waals surface area contributed by atoms with Crippen molar-refractivity contribution in [2.24, 2.45) is 0 Å². The minimum Gasteiger partial charge on any atom is -0.508 e. The van der Waals surface area contributed by atoms with Gasteiger partial charge in [-0.3, -0.25) is 4.68 Å². The highest BCUT2D eigenvalue weighted by atomic mass is 16.3. The minimum absolute atomic E-state index is 0.317. The lowest BCUT2D eigenvalue weighted by Gasteiger charge is -2.26. The highest BCUT2D eigenvalue weighted by Gasteiger charge is 2.20. The average Bonchev–Trinajstić information content (AvgIpc) is 2.93. The number of phenolic OH excluding ortho intramolecular Hbond substituents is 1. The van der Waals surface area contributed by atoms with Gasteiger partial charge in [-0.15, -0.1) is 0 Å². The van der Waals surface area contributed by atoms with Gasteiger partial charge in [0, 0.05) is 25.3 Å². The van der Waals surface area contributed by atoms with Gasteiger partial charge in [-0.05, 0) is 55.5 Å². The maximum Gasteiger partial charge on any atom is 0.115 e. The molecular weight excluding hydrogens is 250 g/mol. The predicted molar refractivity (Wildman–Crippen MR) is 78.5 cm³/mol. The maximum absolute atomic E-state index is 9.68. The van der Waals surface area contributed by atoms with Gasteiger partial charge in [0.05, 0.1) is 5.69 Å². The molecule has 0 fully saturated rings. The smallest absolute Gasteiger partial charge is 0.115 e. The van der Waals surface area contributed by atoms with Crippen molar-refractivity contribution in [3.8, 4) is 5.75 Å². The molecule has 2 aromatic rings. The van der Waals surface area contributed by atoms with Crippen LogP contribution in [0.4, 0.5) is 0 Å². The number of phenols is 1. The molecule has 0 bridgehead atoms. The second-order valence-electron chi connectivity index (χ2n) is 5.37. The molecule has 1 aromatic carbocycles. The molecule has 0 aliphatic heterocycles. The van der Waals surface area contributed by atoms with E-state index >= 15 is 0 Å². The predicted octanol–water partition coefficient (Wildman–Crippen LogP) is 2.78. The number of benzene rings is 1. The fourth-order valence-corrected chi connectivity index (χ4v) is 2.90. The van der Waals surface area contributed by atoms with E-state index in [1.807, 2.05) is 23.0 Å². The zero-order chi connectivity index (χ0) is 13.9. The number of nitrogens with zero attached hydrogens (tertiary/aromatic N) is 2. The van der Waals surface area contributed by atoms with Crippen molar-refractivity contribution >= 4 is 0 Å². The molecule has 1 unspecified atom stereocenters. The summed E-state index contributed by atoms with van der Waals surface area (Å²) in [5.41, 5.74) is 3.66. The topological polar surface area (TPSA) is 50.1 Å². The third kappa shape index (κ3) is 2.70. The van der Waals surface area contributed by atoms with Gasteiger partial charge in [-0.1, -0.05) is 6.07 Å². The van der Waals surface area contributed by atoms with Crippen LogP contribution in [0.25, 0.3) is 0 Å². The Morgan fingerprint density at radius 1 is 1.40 bits per heavy atom. The Morgan fingerprint density at radius 2 is 2.30 bits per heavy atom. The summed E-state index contributed by atoms with van der Waals surface area (Å²) in [6, 6.07) is 8.10. The Hall–Kier alpha value is -1.81. The first-order valence-corrected chi connectivity index (χ1v) is 7.34. The van der Waals surface area contributed by atoms with Gasteiger partial charge in [-0.2, -0.15) is 5.10 Å². The molecule has 1 aromatic heterocycles. The molecule has 0 amide bonds. The molecule has 0 spiro atoms. The number of fused-ring (bicyclic) bond motifs is 1. The number of rotatable bonds is 4. The van der Waals surface area contributed by atoms with Crippen molar-refractivity contribution in [2.45, 2.75) is 45.3 Å². The van der Waals surface area contributed by atoms with Crippen LogP contribution < -0.4 is 5.32 Å². The summed E-state index contributed by atoms with van der Waals surface area (Å²) < 4.78 is 1.94. The van der Waals surface area contributed by atoms with Gasteiger partial charge < -0.3 is 10.4 Å². The number of aryl methyl sites for hydroxylation is 2. The summed E-state index contributed by atoms with van der Waals surface area (Å²) in [6.07, 6.45) is 5.43. The Morgan fingerprint density at radius 3 is 3.10 bits per heavy atom. The average molecular weight is 271 g/mol. The largest absolute Gasteiger partial charge is 0.508 e. The van der Waals surface area contributed by atoms with E-state index in [1.54, 1.807) is 6.07 Å². The van der Waals surface area contributed by atoms with E-state index in [0.29, 0.717) is 11.8 Å². The molecule has 20 heavy (non-hydrogen) atoms. The zero-order valence-electron chi connectivity index (χ0n) is 11.8. The van der Waals surface area contributed by atoms with Crippen LogP contribution in [0.15, 0.2) is 30.5 Å². The summed E-state index contributed by atoms with van der Waals surface area (Å²) in [4.78, 5) is 0. The van der Waals surface area contributed by atoms with Gasteiger partial charge >= 0.3 is 0 Å². The van der Waals surface area contributed by atoms with Gasteiger partial charge in [0.2, 0.25) is 0 Å². The first-order chi connectivity index (χ1) is 9.76. The molecule has 2 N–H and O–H groups in total. The SMILES string of the molecule is CCn1ccc(CNC2CCCc3ccc(O)cc32)n1. The number of nitrogens with one attached hydrogen (secondary N) is 1. The first kappa shape index (κ1) is 13.2. The van der Waals surface area contributed by atoms with Crippen molar-refractivity contribution in [3.63, 3.8) is 0 Å². The van der Waals surface area contributed by atoms with Crippen LogP contribution >= 0.6 is 0 Å². The fraction of sp³-hybridized carbons (Fsp3) is 0.438. The third-order valence-corrected chi connectivity index (χ3v) is 3.99. The summed E-state index contributed by atoms with van der Waals surface area (Å²) in [5, 5.41) is 17.7. The van der Waals surface area contributed by atoms with E-state index in [-0.39, 0.29) is 0 Å². The van der Waals surface area contributed by atoms with E-state index in [4.69, 9.17) is 0 Å². The molecule has 4 nitrogen and oxygen atoms in total. The lowest BCUT2D eigenvalue weighted by atomic mass is 9.87. The second kappa shape index (κ2) is 5.67. The summed E-state index contributed by atoms with van der Waals surface area (Å²) in [6.45, 7) is 3.76. The number of aromatic hydroxyl groups is 1. The molecular formula is C16H21N3O. The van der Waals surface area contributed by atoms with Crippen LogP contribution in [0.3, 0.4) is 0 Å². The summed E-state index contributed by atoms with van der Waals surface area (Å²) in [7, 11) is 0. The second-order valence-corrected chi connectivity index (χ2v) is 5.37. The zero-order valence-corrected chi connectivity index (χ0v) is 11.8. The van der Waals surface area contributed by atoms with Gasteiger partial charge in [0.1, 0.15) is 5.75 Å². The normalized spacial score (nSPS) is 17.9. The van der Waals surface area contributed by atoms with Crippen LogP contribution in [0.5, 0.6) is 5.75 Å². The molecule has 3 rings (SSSR count). The van der Waals surface area contributed by atoms with E-state index in [9.17, 15) is 5.11 Å². The highest BCUT2D eigenvalue weighted by Crippen LogP contribution is 2.32. The molecule has 1 atom stereocenters. The quantitative estimate of drug-likeness (QED) is 0.899.